The molecule has 7 nitrogen and oxygen atoms in total. The molecule has 90 valence electrons. The first-order chi connectivity index (χ1) is 8.29. The van der Waals surface area contributed by atoms with Gasteiger partial charge in [-0.2, -0.15) is 0 Å². The average Bonchev–Trinajstić information content (AvgIpc) is 2.92. The lowest BCUT2D eigenvalue weighted by atomic mass is 10.2. The molecule has 0 aromatic carbocycles. The van der Waals surface area contributed by atoms with Gasteiger partial charge in [-0.05, 0) is 0 Å². The molecule has 0 aliphatic carbocycles. The highest BCUT2D eigenvalue weighted by Gasteiger charge is 2.35. The molecule has 1 aliphatic heterocycles. The summed E-state index contributed by atoms with van der Waals surface area (Å²) in [5.74, 6) is 0. The summed E-state index contributed by atoms with van der Waals surface area (Å²) in [6.45, 7) is -0.195. The van der Waals surface area contributed by atoms with Gasteiger partial charge in [-0.15, -0.1) is 0 Å². The van der Waals surface area contributed by atoms with Crippen LogP contribution < -0.4 is 0 Å². The zero-order valence-corrected chi connectivity index (χ0v) is 8.97. The normalized spacial score (nSPS) is 28.9. The van der Waals surface area contributed by atoms with Crippen molar-refractivity contribution in [3.63, 3.8) is 0 Å². The molecule has 3 atom stereocenters. The standard InChI is InChI=1S/C10H12N4O3/c15-3-8-7(16)1-9(17-8)14-5-13-6-2-11-4-12-10(6)14/h2,4-5,7-9,15-16H,1,3H2/t7?,8-,9-/m1/s1. The number of fused-ring (bicyclic) bond motifs is 1. The minimum absolute atomic E-state index is 0.195. The molecule has 0 saturated carbocycles. The lowest BCUT2D eigenvalue weighted by Crippen LogP contribution is -2.24. The van der Waals surface area contributed by atoms with Crippen molar-refractivity contribution in [2.24, 2.45) is 0 Å². The molecule has 1 saturated heterocycles. The van der Waals surface area contributed by atoms with E-state index in [1.54, 1.807) is 17.1 Å². The van der Waals surface area contributed by atoms with Crippen molar-refractivity contribution >= 4 is 11.2 Å². The van der Waals surface area contributed by atoms with E-state index in [4.69, 9.17) is 9.84 Å². The second kappa shape index (κ2) is 4.02. The topological polar surface area (TPSA) is 93.3 Å². The highest BCUT2D eigenvalue weighted by molar-refractivity contribution is 5.68. The Kier molecular flexibility index (Phi) is 2.50. The third-order valence-electron chi connectivity index (χ3n) is 2.93. The summed E-state index contributed by atoms with van der Waals surface area (Å²) >= 11 is 0. The number of rotatable bonds is 2. The Morgan fingerprint density at radius 2 is 2.35 bits per heavy atom. The Hall–Kier alpha value is -1.57. The second-order valence-corrected chi connectivity index (χ2v) is 4.00. The van der Waals surface area contributed by atoms with Crippen LogP contribution in [0.5, 0.6) is 0 Å². The van der Waals surface area contributed by atoms with Gasteiger partial charge in [0.15, 0.2) is 5.65 Å². The quantitative estimate of drug-likeness (QED) is 0.728. The van der Waals surface area contributed by atoms with Crippen molar-refractivity contribution in [2.75, 3.05) is 6.61 Å². The molecule has 0 bridgehead atoms. The van der Waals surface area contributed by atoms with Crippen molar-refractivity contribution in [3.05, 3.63) is 18.9 Å². The van der Waals surface area contributed by atoms with E-state index in [0.717, 1.165) is 0 Å². The smallest absolute Gasteiger partial charge is 0.165 e. The van der Waals surface area contributed by atoms with Crippen LogP contribution in [0.4, 0.5) is 0 Å². The van der Waals surface area contributed by atoms with Gasteiger partial charge in [-0.3, -0.25) is 4.57 Å². The average molecular weight is 236 g/mol. The number of hydrogen-bond donors (Lipinski definition) is 2. The SMILES string of the molecule is OC[C@H]1O[C@@H](n2cnc3cncnc32)CC1O. The molecule has 0 amide bonds. The molecule has 2 aromatic heterocycles. The van der Waals surface area contributed by atoms with Crippen molar-refractivity contribution in [1.29, 1.82) is 0 Å². The monoisotopic (exact) mass is 236 g/mol. The largest absolute Gasteiger partial charge is 0.394 e. The lowest BCUT2D eigenvalue weighted by molar-refractivity contribution is -0.0432. The molecule has 1 aliphatic rings. The van der Waals surface area contributed by atoms with E-state index in [1.807, 2.05) is 0 Å². The predicted molar refractivity (Wildman–Crippen MR) is 56.9 cm³/mol. The van der Waals surface area contributed by atoms with E-state index in [-0.39, 0.29) is 12.8 Å². The zero-order valence-electron chi connectivity index (χ0n) is 8.97. The molecule has 2 aromatic rings. The van der Waals surface area contributed by atoms with E-state index < -0.39 is 12.2 Å². The van der Waals surface area contributed by atoms with Crippen LogP contribution in [0.25, 0.3) is 11.2 Å². The van der Waals surface area contributed by atoms with E-state index in [9.17, 15) is 5.11 Å². The Balaban J connectivity index is 1.95. The molecule has 3 heterocycles. The van der Waals surface area contributed by atoms with E-state index >= 15 is 0 Å². The number of hydrogen-bond acceptors (Lipinski definition) is 6. The van der Waals surface area contributed by atoms with E-state index in [1.165, 1.54) is 6.33 Å². The maximum absolute atomic E-state index is 9.68. The van der Waals surface area contributed by atoms with Crippen molar-refractivity contribution < 1.29 is 14.9 Å². The van der Waals surface area contributed by atoms with Crippen LogP contribution in [0, 0.1) is 0 Å². The van der Waals surface area contributed by atoms with Gasteiger partial charge in [0.25, 0.3) is 0 Å². The molecule has 0 spiro atoms. The molecule has 0 radical (unpaired) electrons. The summed E-state index contributed by atoms with van der Waals surface area (Å²) in [4.78, 5) is 12.2. The van der Waals surface area contributed by atoms with Crippen LogP contribution in [0.3, 0.4) is 0 Å². The van der Waals surface area contributed by atoms with Crippen LogP contribution in [0.2, 0.25) is 0 Å². The lowest BCUT2D eigenvalue weighted by Gasteiger charge is -2.13. The fraction of sp³-hybridized carbons (Fsp3) is 0.500. The van der Waals surface area contributed by atoms with Crippen LogP contribution in [-0.2, 0) is 4.74 Å². The van der Waals surface area contributed by atoms with Gasteiger partial charge in [0, 0.05) is 6.42 Å². The second-order valence-electron chi connectivity index (χ2n) is 4.00. The number of aromatic nitrogens is 4. The van der Waals surface area contributed by atoms with Crippen molar-refractivity contribution in [1.82, 2.24) is 19.5 Å². The van der Waals surface area contributed by atoms with Crippen LogP contribution >= 0.6 is 0 Å². The van der Waals surface area contributed by atoms with Crippen LogP contribution in [0.15, 0.2) is 18.9 Å². The van der Waals surface area contributed by atoms with E-state index in [0.29, 0.717) is 17.6 Å². The zero-order chi connectivity index (χ0) is 11.8. The predicted octanol–water partition coefficient (Wildman–Crippen LogP) is -0.533. The summed E-state index contributed by atoms with van der Waals surface area (Å²) < 4.78 is 7.28. The van der Waals surface area contributed by atoms with Crippen LogP contribution in [-0.4, -0.2) is 48.5 Å². The third kappa shape index (κ3) is 1.68. The molecule has 1 unspecified atom stereocenters. The van der Waals surface area contributed by atoms with Gasteiger partial charge in [-0.1, -0.05) is 0 Å². The number of ether oxygens (including phenoxy) is 1. The molecule has 7 heteroatoms. The molecule has 17 heavy (non-hydrogen) atoms. The van der Waals surface area contributed by atoms with Crippen LogP contribution in [0.1, 0.15) is 12.6 Å². The summed E-state index contributed by atoms with van der Waals surface area (Å²) in [6.07, 6.45) is 3.53. The Morgan fingerprint density at radius 3 is 3.12 bits per heavy atom. The summed E-state index contributed by atoms with van der Waals surface area (Å²) in [6, 6.07) is 0. The maximum atomic E-state index is 9.68. The number of aliphatic hydroxyl groups excluding tert-OH is 2. The third-order valence-corrected chi connectivity index (χ3v) is 2.93. The summed E-state index contributed by atoms with van der Waals surface area (Å²) in [5.41, 5.74) is 1.34. The van der Waals surface area contributed by atoms with Gasteiger partial charge < -0.3 is 14.9 Å². The molecule has 2 N–H and O–H groups in total. The highest BCUT2D eigenvalue weighted by Crippen LogP contribution is 2.30. The summed E-state index contributed by atoms with van der Waals surface area (Å²) in [7, 11) is 0. The first kappa shape index (κ1) is 10.6. The highest BCUT2D eigenvalue weighted by atomic mass is 16.5. The van der Waals surface area contributed by atoms with Gasteiger partial charge in [0.05, 0.1) is 25.2 Å². The first-order valence-electron chi connectivity index (χ1n) is 5.36. The van der Waals surface area contributed by atoms with E-state index in [2.05, 4.69) is 15.0 Å². The van der Waals surface area contributed by atoms with Gasteiger partial charge in [-0.25, -0.2) is 15.0 Å². The molecular weight excluding hydrogens is 224 g/mol. The minimum atomic E-state index is -0.663. The first-order valence-corrected chi connectivity index (χ1v) is 5.36. The molecular formula is C10H12N4O3. The van der Waals surface area contributed by atoms with Gasteiger partial charge in [0.2, 0.25) is 0 Å². The van der Waals surface area contributed by atoms with Crippen molar-refractivity contribution in [3.8, 4) is 0 Å². The fourth-order valence-electron chi connectivity index (χ4n) is 2.05. The Labute approximate surface area is 96.7 Å². The summed E-state index contributed by atoms with van der Waals surface area (Å²) in [5, 5.41) is 18.7. The number of aliphatic hydroxyl groups is 2. The fourth-order valence-corrected chi connectivity index (χ4v) is 2.05. The van der Waals surface area contributed by atoms with Gasteiger partial charge in [0.1, 0.15) is 24.2 Å². The van der Waals surface area contributed by atoms with Crippen molar-refractivity contribution in [2.45, 2.75) is 24.9 Å². The molecule has 3 rings (SSSR count). The molecule has 1 fully saturated rings. The number of nitrogens with zero attached hydrogens (tertiary/aromatic N) is 4. The minimum Gasteiger partial charge on any atom is -0.394 e. The number of imidazole rings is 1. The Bertz CT molecular complexity index is 529. The van der Waals surface area contributed by atoms with Gasteiger partial charge >= 0.3 is 0 Å². The Morgan fingerprint density at radius 1 is 1.47 bits per heavy atom. The maximum Gasteiger partial charge on any atom is 0.165 e.